The highest BCUT2D eigenvalue weighted by atomic mass is 32.2. The molecule has 0 aliphatic carbocycles. The predicted molar refractivity (Wildman–Crippen MR) is 107 cm³/mol. The molecule has 1 fully saturated rings. The number of amides is 1. The number of sulfonamides is 1. The van der Waals surface area contributed by atoms with Crippen molar-refractivity contribution in [3.63, 3.8) is 0 Å². The van der Waals surface area contributed by atoms with Crippen LogP contribution >= 0.6 is 0 Å². The van der Waals surface area contributed by atoms with Gasteiger partial charge in [-0.3, -0.25) is 9.10 Å². The molecule has 28 heavy (non-hydrogen) atoms. The van der Waals surface area contributed by atoms with Crippen LogP contribution in [0.5, 0.6) is 11.5 Å². The Labute approximate surface area is 166 Å². The lowest BCUT2D eigenvalue weighted by Crippen LogP contribution is -2.38. The Morgan fingerprint density at radius 1 is 1.18 bits per heavy atom. The van der Waals surface area contributed by atoms with Crippen molar-refractivity contribution in [2.45, 2.75) is 32.1 Å². The molecule has 2 aliphatic rings. The second kappa shape index (κ2) is 9.47. The van der Waals surface area contributed by atoms with E-state index in [9.17, 15) is 13.2 Å². The molecule has 2 aliphatic heterocycles. The number of hydrogen-bond acceptors (Lipinski definition) is 6. The Kier molecular flexibility index (Phi) is 7.01. The van der Waals surface area contributed by atoms with Gasteiger partial charge in [0.05, 0.1) is 11.9 Å². The number of carbonyl (C=O) groups is 1. The lowest BCUT2D eigenvalue weighted by molar-refractivity contribution is -0.121. The van der Waals surface area contributed by atoms with Crippen molar-refractivity contribution >= 4 is 21.6 Å². The Hall–Kier alpha value is -2.00. The van der Waals surface area contributed by atoms with E-state index in [-0.39, 0.29) is 25.7 Å². The number of anilines is 1. The van der Waals surface area contributed by atoms with Crippen LogP contribution in [0.25, 0.3) is 0 Å². The fourth-order valence-corrected chi connectivity index (χ4v) is 4.49. The minimum absolute atomic E-state index is 0.0452. The lowest BCUT2D eigenvalue weighted by Gasteiger charge is -2.26. The minimum atomic E-state index is -3.47. The Morgan fingerprint density at radius 3 is 2.68 bits per heavy atom. The van der Waals surface area contributed by atoms with E-state index in [1.165, 1.54) is 23.6 Å². The second-order valence-electron chi connectivity index (χ2n) is 7.23. The van der Waals surface area contributed by atoms with Gasteiger partial charge in [0.1, 0.15) is 0 Å². The van der Waals surface area contributed by atoms with Gasteiger partial charge in [0.15, 0.2) is 11.5 Å². The third-order valence-corrected chi connectivity index (χ3v) is 6.20. The van der Waals surface area contributed by atoms with E-state index in [1.54, 1.807) is 18.2 Å². The van der Waals surface area contributed by atoms with Gasteiger partial charge in [-0.15, -0.1) is 0 Å². The molecule has 1 N–H and O–H groups in total. The summed E-state index contributed by atoms with van der Waals surface area (Å²) in [5.41, 5.74) is 0.511. The van der Waals surface area contributed by atoms with E-state index in [2.05, 4.69) is 10.2 Å². The van der Waals surface area contributed by atoms with Crippen LogP contribution in [0.1, 0.15) is 32.1 Å². The van der Waals surface area contributed by atoms with Gasteiger partial charge in [-0.2, -0.15) is 0 Å². The van der Waals surface area contributed by atoms with Gasteiger partial charge in [0.25, 0.3) is 0 Å². The molecule has 0 aromatic heterocycles. The Morgan fingerprint density at radius 2 is 1.93 bits per heavy atom. The van der Waals surface area contributed by atoms with Crippen molar-refractivity contribution in [3.05, 3.63) is 18.2 Å². The zero-order chi connectivity index (χ0) is 20.0. The van der Waals surface area contributed by atoms with E-state index >= 15 is 0 Å². The number of nitrogens with zero attached hydrogens (tertiary/aromatic N) is 2. The number of rotatable bonds is 9. The average Bonchev–Trinajstić information content (AvgIpc) is 3.13. The van der Waals surface area contributed by atoms with Crippen molar-refractivity contribution in [2.24, 2.45) is 0 Å². The fraction of sp³-hybridized carbons (Fsp3) is 0.632. The first-order chi connectivity index (χ1) is 13.4. The summed E-state index contributed by atoms with van der Waals surface area (Å²) in [6.45, 7) is 4.09. The molecular weight excluding hydrogens is 382 g/mol. The Balaban J connectivity index is 1.45. The molecule has 156 valence electrons. The number of carbonyl (C=O) groups excluding carboxylic acids is 1. The molecule has 0 unspecified atom stereocenters. The van der Waals surface area contributed by atoms with Crippen LogP contribution in [0.15, 0.2) is 18.2 Å². The summed E-state index contributed by atoms with van der Waals surface area (Å²) in [7, 11) is -3.47. The van der Waals surface area contributed by atoms with E-state index in [4.69, 9.17) is 9.47 Å². The van der Waals surface area contributed by atoms with E-state index < -0.39 is 10.0 Å². The predicted octanol–water partition coefficient (Wildman–Crippen LogP) is 1.56. The molecule has 1 aromatic carbocycles. The van der Waals surface area contributed by atoms with Crippen molar-refractivity contribution in [2.75, 3.05) is 50.1 Å². The maximum Gasteiger partial charge on any atom is 0.232 e. The number of nitrogens with one attached hydrogen (secondary N) is 1. The Bertz CT molecular complexity index is 778. The zero-order valence-electron chi connectivity index (χ0n) is 16.4. The van der Waals surface area contributed by atoms with Crippen LogP contribution in [0.2, 0.25) is 0 Å². The number of piperidine rings is 1. The van der Waals surface area contributed by atoms with Gasteiger partial charge in [-0.1, -0.05) is 6.42 Å². The molecular formula is C19H29N3O5S. The van der Waals surface area contributed by atoms with Crippen molar-refractivity contribution in [1.29, 1.82) is 0 Å². The molecule has 1 aromatic rings. The summed E-state index contributed by atoms with van der Waals surface area (Å²) in [6, 6.07) is 5.04. The largest absolute Gasteiger partial charge is 0.454 e. The first-order valence-corrected chi connectivity index (χ1v) is 11.6. The van der Waals surface area contributed by atoms with Gasteiger partial charge < -0.3 is 19.7 Å². The number of hydrogen-bond donors (Lipinski definition) is 1. The van der Waals surface area contributed by atoms with E-state index in [1.807, 2.05) is 0 Å². The maximum absolute atomic E-state index is 12.2. The highest BCUT2D eigenvalue weighted by Crippen LogP contribution is 2.36. The second-order valence-corrected chi connectivity index (χ2v) is 9.14. The SMILES string of the molecule is CS(=O)(=O)N(CCCC(=O)NCCN1CCCCC1)c1ccc2c(c1)OCO2. The van der Waals surface area contributed by atoms with Gasteiger partial charge >= 0.3 is 0 Å². The highest BCUT2D eigenvalue weighted by Gasteiger charge is 2.21. The highest BCUT2D eigenvalue weighted by molar-refractivity contribution is 7.92. The van der Waals surface area contributed by atoms with Gasteiger partial charge in [0, 0.05) is 32.1 Å². The topological polar surface area (TPSA) is 88.2 Å². The summed E-state index contributed by atoms with van der Waals surface area (Å²) in [5, 5.41) is 2.93. The third kappa shape index (κ3) is 5.75. The molecule has 2 heterocycles. The van der Waals surface area contributed by atoms with Crippen LogP contribution in [-0.4, -0.2) is 65.0 Å². The smallest absolute Gasteiger partial charge is 0.232 e. The van der Waals surface area contributed by atoms with Crippen molar-refractivity contribution in [3.8, 4) is 11.5 Å². The standard InChI is InChI=1S/C19H29N3O5S/c1-28(24,25)22(16-7-8-17-18(14-16)27-15-26-17)12-5-6-19(23)20-9-13-21-10-3-2-4-11-21/h7-8,14H,2-6,9-13,15H2,1H3,(H,20,23). The minimum Gasteiger partial charge on any atom is -0.454 e. The number of benzene rings is 1. The van der Waals surface area contributed by atoms with Gasteiger partial charge in [-0.05, 0) is 44.5 Å². The van der Waals surface area contributed by atoms with E-state index in [0.29, 0.717) is 30.2 Å². The summed E-state index contributed by atoms with van der Waals surface area (Å²) in [4.78, 5) is 14.4. The van der Waals surface area contributed by atoms with Crippen LogP contribution in [0.4, 0.5) is 5.69 Å². The van der Waals surface area contributed by atoms with Crippen molar-refractivity contribution in [1.82, 2.24) is 10.2 Å². The molecule has 0 radical (unpaired) electrons. The van der Waals surface area contributed by atoms with Crippen molar-refractivity contribution < 1.29 is 22.7 Å². The summed E-state index contributed by atoms with van der Waals surface area (Å²) in [5.74, 6) is 1.09. The van der Waals surface area contributed by atoms with Gasteiger partial charge in [0.2, 0.25) is 22.7 Å². The first kappa shape index (κ1) is 20.7. The molecule has 0 bridgehead atoms. The molecule has 1 saturated heterocycles. The number of likely N-dealkylation sites (tertiary alicyclic amines) is 1. The molecule has 9 heteroatoms. The first-order valence-electron chi connectivity index (χ1n) is 9.80. The van der Waals surface area contributed by atoms with Crippen LogP contribution in [0, 0.1) is 0 Å². The molecule has 3 rings (SSSR count). The normalized spacial score (nSPS) is 16.8. The summed E-state index contributed by atoms with van der Waals surface area (Å²) < 4.78 is 36.3. The quantitative estimate of drug-likeness (QED) is 0.664. The summed E-state index contributed by atoms with van der Waals surface area (Å²) >= 11 is 0. The zero-order valence-corrected chi connectivity index (χ0v) is 17.2. The third-order valence-electron chi connectivity index (χ3n) is 5.01. The van der Waals surface area contributed by atoms with Gasteiger partial charge in [-0.25, -0.2) is 8.42 Å². The average molecular weight is 412 g/mol. The van der Waals surface area contributed by atoms with Crippen LogP contribution in [0.3, 0.4) is 0 Å². The number of fused-ring (bicyclic) bond motifs is 1. The fourth-order valence-electron chi connectivity index (χ4n) is 3.53. The molecule has 0 atom stereocenters. The summed E-state index contributed by atoms with van der Waals surface area (Å²) in [6.07, 6.45) is 5.65. The molecule has 8 nitrogen and oxygen atoms in total. The number of ether oxygens (including phenoxy) is 2. The van der Waals surface area contributed by atoms with E-state index in [0.717, 1.165) is 25.9 Å². The van der Waals surface area contributed by atoms with Crippen LogP contribution in [-0.2, 0) is 14.8 Å². The monoisotopic (exact) mass is 411 g/mol. The molecule has 0 saturated carbocycles. The molecule has 0 spiro atoms. The van der Waals surface area contributed by atoms with Crippen LogP contribution < -0.4 is 19.1 Å². The lowest BCUT2D eigenvalue weighted by atomic mass is 10.1. The molecule has 1 amide bonds. The maximum atomic E-state index is 12.2.